The number of likely N-dealkylation sites (tertiary alicyclic amines) is 1. The van der Waals surface area contributed by atoms with Gasteiger partial charge < -0.3 is 9.64 Å². The molecule has 0 aromatic carbocycles. The third kappa shape index (κ3) is 2.93. The molecule has 3 aliphatic rings. The van der Waals surface area contributed by atoms with E-state index in [1.54, 1.807) is 18.5 Å². The first-order valence-electron chi connectivity index (χ1n) is 9.14. The highest BCUT2D eigenvalue weighted by Gasteiger charge is 2.65. The number of fused-ring (bicyclic) bond motifs is 1. The summed E-state index contributed by atoms with van der Waals surface area (Å²) in [5.74, 6) is 0.377. The zero-order chi connectivity index (χ0) is 18.5. The van der Waals surface area contributed by atoms with E-state index in [1.165, 1.54) is 4.31 Å². The molecule has 26 heavy (non-hydrogen) atoms. The lowest BCUT2D eigenvalue weighted by Gasteiger charge is -2.39. The Morgan fingerprint density at radius 1 is 1.42 bits per heavy atom. The first-order valence-corrected chi connectivity index (χ1v) is 10.6. The van der Waals surface area contributed by atoms with Crippen LogP contribution in [0.5, 0.6) is 0 Å². The Morgan fingerprint density at radius 3 is 2.92 bits per heavy atom. The zero-order valence-electron chi connectivity index (χ0n) is 15.2. The third-order valence-corrected chi connectivity index (χ3v) is 7.85. The number of pyridine rings is 1. The van der Waals surface area contributed by atoms with Crippen LogP contribution in [0.1, 0.15) is 32.3 Å². The van der Waals surface area contributed by atoms with Gasteiger partial charge in [-0.05, 0) is 24.0 Å². The van der Waals surface area contributed by atoms with E-state index in [2.05, 4.69) is 4.98 Å². The van der Waals surface area contributed by atoms with E-state index in [-0.39, 0.29) is 17.9 Å². The van der Waals surface area contributed by atoms with E-state index in [1.807, 2.05) is 24.8 Å². The molecule has 3 fully saturated rings. The quantitative estimate of drug-likeness (QED) is 0.780. The summed E-state index contributed by atoms with van der Waals surface area (Å²) in [7, 11) is -3.46. The lowest BCUT2D eigenvalue weighted by Crippen LogP contribution is -2.56. The van der Waals surface area contributed by atoms with Gasteiger partial charge >= 0.3 is 0 Å². The average molecular weight is 379 g/mol. The molecular weight excluding hydrogens is 354 g/mol. The maximum absolute atomic E-state index is 13.1. The fourth-order valence-corrected chi connectivity index (χ4v) is 6.75. The van der Waals surface area contributed by atoms with E-state index in [0.29, 0.717) is 39.0 Å². The number of sulfonamides is 1. The van der Waals surface area contributed by atoms with Gasteiger partial charge in [-0.1, -0.05) is 19.9 Å². The van der Waals surface area contributed by atoms with Crippen LogP contribution in [-0.2, 0) is 26.1 Å². The SMILES string of the molecule is CC(C)CC(=O)N1C[C@@H]2C[C@@H]3[C@@](C1)(CN(Cc1cccnc1)S3(=O)=O)O2. The van der Waals surface area contributed by atoms with Crippen molar-refractivity contribution in [3.63, 3.8) is 0 Å². The van der Waals surface area contributed by atoms with Crippen LogP contribution >= 0.6 is 0 Å². The van der Waals surface area contributed by atoms with Gasteiger partial charge in [0.25, 0.3) is 0 Å². The number of aromatic nitrogens is 1. The lowest BCUT2D eigenvalue weighted by atomic mass is 9.98. The van der Waals surface area contributed by atoms with Crippen LogP contribution in [0.25, 0.3) is 0 Å². The standard InChI is InChI=1S/C18H25N3O4S/c1-13(2)6-17(22)20-10-15-7-16-18(11-20,25-15)12-21(26(16,23)24)9-14-4-3-5-19-8-14/h3-5,8,13,15-16H,6-7,9-12H2,1-2H3/t15-,16+,18+/m0/s1. The summed E-state index contributed by atoms with van der Waals surface area (Å²) < 4.78 is 33.9. The minimum atomic E-state index is -3.46. The second-order valence-electron chi connectivity index (χ2n) is 8.08. The molecule has 0 saturated carbocycles. The molecule has 0 radical (unpaired) electrons. The maximum atomic E-state index is 13.1. The highest BCUT2D eigenvalue weighted by atomic mass is 32.2. The number of rotatable bonds is 4. The van der Waals surface area contributed by atoms with E-state index >= 15 is 0 Å². The van der Waals surface area contributed by atoms with Crippen molar-refractivity contribution in [2.24, 2.45) is 5.92 Å². The Labute approximate surface area is 154 Å². The number of amides is 1. The van der Waals surface area contributed by atoms with Gasteiger partial charge in [0.1, 0.15) is 10.9 Å². The monoisotopic (exact) mass is 379 g/mol. The van der Waals surface area contributed by atoms with Crippen molar-refractivity contribution < 1.29 is 17.9 Å². The van der Waals surface area contributed by atoms with Crippen LogP contribution in [-0.4, -0.2) is 65.1 Å². The maximum Gasteiger partial charge on any atom is 0.223 e. The van der Waals surface area contributed by atoms with Gasteiger partial charge in [0.2, 0.25) is 15.9 Å². The predicted molar refractivity (Wildman–Crippen MR) is 95.6 cm³/mol. The molecular formula is C18H25N3O4S. The molecule has 1 spiro atoms. The molecule has 3 aliphatic heterocycles. The van der Waals surface area contributed by atoms with Crippen molar-refractivity contribution in [1.82, 2.24) is 14.2 Å². The van der Waals surface area contributed by atoms with Crippen LogP contribution in [0, 0.1) is 5.92 Å². The first-order chi connectivity index (χ1) is 12.3. The molecule has 3 atom stereocenters. The summed E-state index contributed by atoms with van der Waals surface area (Å²) in [5.41, 5.74) is 0.0592. The van der Waals surface area contributed by atoms with Gasteiger partial charge in [0, 0.05) is 38.4 Å². The third-order valence-electron chi connectivity index (χ3n) is 5.53. The molecule has 8 heteroatoms. The molecule has 0 aliphatic carbocycles. The molecule has 1 amide bonds. The molecule has 4 rings (SSSR count). The normalized spacial score (nSPS) is 32.8. The number of morpholine rings is 1. The molecule has 0 N–H and O–H groups in total. The van der Waals surface area contributed by atoms with Gasteiger partial charge in [-0.15, -0.1) is 0 Å². The van der Waals surface area contributed by atoms with E-state index in [9.17, 15) is 13.2 Å². The summed E-state index contributed by atoms with van der Waals surface area (Å²) in [6.45, 7) is 5.50. The second-order valence-corrected chi connectivity index (χ2v) is 10.2. The summed E-state index contributed by atoms with van der Waals surface area (Å²) in [4.78, 5) is 18.4. The summed E-state index contributed by atoms with van der Waals surface area (Å²) in [6, 6.07) is 3.67. The number of hydrogen-bond donors (Lipinski definition) is 0. The fraction of sp³-hybridized carbons (Fsp3) is 0.667. The van der Waals surface area contributed by atoms with Crippen LogP contribution < -0.4 is 0 Å². The molecule has 4 heterocycles. The van der Waals surface area contributed by atoms with Crippen LogP contribution in [0.4, 0.5) is 0 Å². The van der Waals surface area contributed by atoms with Crippen molar-refractivity contribution >= 4 is 15.9 Å². The van der Waals surface area contributed by atoms with E-state index in [4.69, 9.17) is 4.74 Å². The van der Waals surface area contributed by atoms with Crippen LogP contribution in [0.15, 0.2) is 24.5 Å². The van der Waals surface area contributed by atoms with Crippen LogP contribution in [0.3, 0.4) is 0 Å². The van der Waals surface area contributed by atoms with Crippen molar-refractivity contribution in [1.29, 1.82) is 0 Å². The minimum Gasteiger partial charge on any atom is -0.365 e. The van der Waals surface area contributed by atoms with Crippen molar-refractivity contribution in [2.75, 3.05) is 19.6 Å². The molecule has 1 aromatic heterocycles. The van der Waals surface area contributed by atoms with Crippen molar-refractivity contribution in [3.05, 3.63) is 30.1 Å². The topological polar surface area (TPSA) is 79.8 Å². The predicted octanol–water partition coefficient (Wildman–Crippen LogP) is 1.01. The Balaban J connectivity index is 1.57. The van der Waals surface area contributed by atoms with Crippen molar-refractivity contribution in [2.45, 2.75) is 50.2 Å². The molecule has 3 saturated heterocycles. The minimum absolute atomic E-state index is 0.0939. The Morgan fingerprint density at radius 2 is 2.23 bits per heavy atom. The zero-order valence-corrected chi connectivity index (χ0v) is 16.0. The van der Waals surface area contributed by atoms with E-state index < -0.39 is 20.9 Å². The molecule has 2 bridgehead atoms. The number of carbonyl (C=O) groups excluding carboxylic acids is 1. The van der Waals surface area contributed by atoms with Gasteiger partial charge in [-0.25, -0.2) is 8.42 Å². The molecule has 1 aromatic rings. The summed E-state index contributed by atoms with van der Waals surface area (Å²) >= 11 is 0. The Hall–Kier alpha value is -1.51. The highest BCUT2D eigenvalue weighted by Crippen LogP contribution is 2.47. The molecule has 7 nitrogen and oxygen atoms in total. The average Bonchev–Trinajstić information content (AvgIpc) is 2.94. The molecule has 0 unspecified atom stereocenters. The van der Waals surface area contributed by atoms with Gasteiger partial charge in [0.15, 0.2) is 0 Å². The largest absolute Gasteiger partial charge is 0.365 e. The number of nitrogens with zero attached hydrogens (tertiary/aromatic N) is 3. The smallest absolute Gasteiger partial charge is 0.223 e. The molecule has 142 valence electrons. The lowest BCUT2D eigenvalue weighted by molar-refractivity contribution is -0.151. The summed E-state index contributed by atoms with van der Waals surface area (Å²) in [5, 5.41) is -0.562. The second kappa shape index (κ2) is 6.28. The Bertz CT molecular complexity index is 798. The number of ether oxygens (including phenoxy) is 1. The number of carbonyl (C=O) groups is 1. The fourth-order valence-electron chi connectivity index (χ4n) is 4.45. The Kier molecular flexibility index (Phi) is 4.32. The van der Waals surface area contributed by atoms with Gasteiger partial charge in [-0.3, -0.25) is 9.78 Å². The van der Waals surface area contributed by atoms with Crippen molar-refractivity contribution in [3.8, 4) is 0 Å². The van der Waals surface area contributed by atoms with Gasteiger partial charge in [-0.2, -0.15) is 4.31 Å². The number of hydrogen-bond acceptors (Lipinski definition) is 5. The highest BCUT2D eigenvalue weighted by molar-refractivity contribution is 7.90. The summed E-state index contributed by atoms with van der Waals surface area (Å²) in [6.07, 6.45) is 4.13. The van der Waals surface area contributed by atoms with E-state index in [0.717, 1.165) is 5.56 Å². The van der Waals surface area contributed by atoms with Gasteiger partial charge in [0.05, 0.1) is 12.6 Å². The first kappa shape index (κ1) is 17.9. The van der Waals surface area contributed by atoms with Crippen LogP contribution in [0.2, 0.25) is 0 Å².